The van der Waals surface area contributed by atoms with Gasteiger partial charge in [-0.15, -0.1) is 11.3 Å². The summed E-state index contributed by atoms with van der Waals surface area (Å²) in [6, 6.07) is 17.1. The molecule has 134 valence electrons. The Morgan fingerprint density at radius 3 is 2.62 bits per heavy atom. The zero-order valence-corrected chi connectivity index (χ0v) is 15.6. The maximum absolute atomic E-state index is 12.5. The van der Waals surface area contributed by atoms with Crippen LogP contribution in [-0.2, 0) is 13.2 Å². The van der Waals surface area contributed by atoms with Gasteiger partial charge in [-0.25, -0.2) is 9.78 Å². The van der Waals surface area contributed by atoms with Crippen molar-refractivity contribution in [2.75, 3.05) is 12.4 Å². The minimum absolute atomic E-state index is 0.178. The number of nitrogens with zero attached hydrogens (tertiary/aromatic N) is 2. The lowest BCUT2D eigenvalue weighted by molar-refractivity contribution is 0.220. The quantitative estimate of drug-likeness (QED) is 0.687. The van der Waals surface area contributed by atoms with Gasteiger partial charge in [-0.1, -0.05) is 36.4 Å². The van der Waals surface area contributed by atoms with Gasteiger partial charge in [-0.05, 0) is 25.1 Å². The largest absolute Gasteiger partial charge is 0.489 e. The predicted molar refractivity (Wildman–Crippen MR) is 105 cm³/mol. The van der Waals surface area contributed by atoms with Crippen molar-refractivity contribution < 1.29 is 9.53 Å². The molecule has 1 N–H and O–H groups in total. The van der Waals surface area contributed by atoms with Crippen LogP contribution in [0, 0.1) is 6.92 Å². The fourth-order valence-corrected chi connectivity index (χ4v) is 3.06. The normalized spacial score (nSPS) is 10.4. The molecule has 1 heterocycles. The molecule has 0 atom stereocenters. The van der Waals surface area contributed by atoms with Crippen molar-refractivity contribution >= 4 is 23.1 Å². The molecule has 0 aliphatic rings. The smallest absolute Gasteiger partial charge is 0.321 e. The number of nitrogens with one attached hydrogen (secondary N) is 1. The lowest BCUT2D eigenvalue weighted by Crippen LogP contribution is -2.31. The number of amides is 2. The SMILES string of the molecule is Cc1nc(CN(C)C(=O)Nc2ccccc2COc2ccccc2)cs1. The summed E-state index contributed by atoms with van der Waals surface area (Å²) in [6.45, 7) is 2.81. The zero-order valence-electron chi connectivity index (χ0n) is 14.8. The van der Waals surface area contributed by atoms with E-state index in [2.05, 4.69) is 10.3 Å². The van der Waals surface area contributed by atoms with Crippen LogP contribution in [0.5, 0.6) is 5.75 Å². The highest BCUT2D eigenvalue weighted by Gasteiger charge is 2.13. The van der Waals surface area contributed by atoms with Crippen molar-refractivity contribution in [3.05, 3.63) is 76.2 Å². The molecule has 0 saturated heterocycles. The summed E-state index contributed by atoms with van der Waals surface area (Å²) in [6.07, 6.45) is 0. The average Bonchev–Trinajstić information content (AvgIpc) is 3.06. The number of aryl methyl sites for hydroxylation is 1. The number of anilines is 1. The van der Waals surface area contributed by atoms with Crippen molar-refractivity contribution in [3.8, 4) is 5.75 Å². The molecule has 2 aromatic carbocycles. The second-order valence-corrected chi connectivity index (χ2v) is 6.97. The van der Waals surface area contributed by atoms with Crippen molar-refractivity contribution in [1.29, 1.82) is 0 Å². The van der Waals surface area contributed by atoms with Gasteiger partial charge in [0.15, 0.2) is 0 Å². The third kappa shape index (κ3) is 4.83. The monoisotopic (exact) mass is 367 g/mol. The molecule has 3 rings (SSSR count). The summed E-state index contributed by atoms with van der Waals surface area (Å²) in [5.74, 6) is 0.796. The molecule has 0 aliphatic carbocycles. The van der Waals surface area contributed by atoms with Gasteiger partial charge in [-0.3, -0.25) is 0 Å². The van der Waals surface area contributed by atoms with E-state index in [0.717, 1.165) is 27.7 Å². The van der Waals surface area contributed by atoms with Crippen LogP contribution < -0.4 is 10.1 Å². The Labute approximate surface area is 157 Å². The minimum atomic E-state index is -0.178. The second-order valence-electron chi connectivity index (χ2n) is 5.90. The van der Waals surface area contributed by atoms with Gasteiger partial charge < -0.3 is 15.0 Å². The standard InChI is InChI=1S/C20H21N3O2S/c1-15-21-17(14-26-15)12-23(2)20(24)22-19-11-7-6-8-16(19)13-25-18-9-4-3-5-10-18/h3-11,14H,12-13H2,1-2H3,(H,22,24). The van der Waals surface area contributed by atoms with Crippen molar-refractivity contribution in [1.82, 2.24) is 9.88 Å². The molecule has 0 radical (unpaired) electrons. The zero-order chi connectivity index (χ0) is 18.4. The van der Waals surface area contributed by atoms with Crippen LogP contribution in [0.2, 0.25) is 0 Å². The Hall–Kier alpha value is -2.86. The molecule has 2 amide bonds. The summed E-state index contributed by atoms with van der Waals surface area (Å²) in [5, 5.41) is 5.93. The molecule has 26 heavy (non-hydrogen) atoms. The van der Waals surface area contributed by atoms with Gasteiger partial charge in [0.1, 0.15) is 12.4 Å². The van der Waals surface area contributed by atoms with E-state index >= 15 is 0 Å². The average molecular weight is 367 g/mol. The second kappa shape index (κ2) is 8.49. The van der Waals surface area contributed by atoms with Crippen LogP contribution in [0.4, 0.5) is 10.5 Å². The van der Waals surface area contributed by atoms with Crippen molar-refractivity contribution in [3.63, 3.8) is 0 Å². The number of benzene rings is 2. The van der Waals surface area contributed by atoms with Gasteiger partial charge in [-0.2, -0.15) is 0 Å². The molecule has 0 saturated carbocycles. The van der Waals surface area contributed by atoms with E-state index in [1.54, 1.807) is 23.3 Å². The first kappa shape index (κ1) is 17.9. The van der Waals surface area contributed by atoms with Crippen LogP contribution >= 0.6 is 11.3 Å². The van der Waals surface area contributed by atoms with Crippen molar-refractivity contribution in [2.45, 2.75) is 20.1 Å². The topological polar surface area (TPSA) is 54.5 Å². The summed E-state index contributed by atoms with van der Waals surface area (Å²) in [5.41, 5.74) is 2.56. The Morgan fingerprint density at radius 2 is 1.88 bits per heavy atom. The minimum Gasteiger partial charge on any atom is -0.489 e. The molecule has 5 nitrogen and oxygen atoms in total. The van der Waals surface area contributed by atoms with Gasteiger partial charge in [0.2, 0.25) is 0 Å². The first-order valence-electron chi connectivity index (χ1n) is 8.30. The van der Waals surface area contributed by atoms with E-state index < -0.39 is 0 Å². The van der Waals surface area contributed by atoms with E-state index in [0.29, 0.717) is 13.2 Å². The molecular formula is C20H21N3O2S. The van der Waals surface area contributed by atoms with E-state index in [1.165, 1.54) is 0 Å². The molecule has 0 unspecified atom stereocenters. The Kier molecular flexibility index (Phi) is 5.86. The number of hydrogen-bond donors (Lipinski definition) is 1. The third-order valence-corrected chi connectivity index (χ3v) is 4.63. The molecular weight excluding hydrogens is 346 g/mol. The molecule has 3 aromatic rings. The first-order chi connectivity index (χ1) is 12.6. The Bertz CT molecular complexity index is 864. The highest BCUT2D eigenvalue weighted by atomic mass is 32.1. The molecule has 6 heteroatoms. The summed E-state index contributed by atoms with van der Waals surface area (Å²) < 4.78 is 5.80. The Morgan fingerprint density at radius 1 is 1.15 bits per heavy atom. The first-order valence-corrected chi connectivity index (χ1v) is 9.18. The summed E-state index contributed by atoms with van der Waals surface area (Å²) in [7, 11) is 1.76. The maximum Gasteiger partial charge on any atom is 0.321 e. The van der Waals surface area contributed by atoms with E-state index in [-0.39, 0.29) is 6.03 Å². The number of aromatic nitrogens is 1. The van der Waals surface area contributed by atoms with Gasteiger partial charge in [0.05, 0.1) is 17.2 Å². The van der Waals surface area contributed by atoms with Crippen LogP contribution in [-0.4, -0.2) is 23.0 Å². The number of para-hydroxylation sites is 2. The lowest BCUT2D eigenvalue weighted by atomic mass is 10.2. The number of thiazole rings is 1. The number of rotatable bonds is 6. The van der Waals surface area contributed by atoms with Crippen LogP contribution in [0.3, 0.4) is 0 Å². The fourth-order valence-electron chi connectivity index (χ4n) is 2.45. The number of urea groups is 1. The molecule has 0 fully saturated rings. The van der Waals surface area contributed by atoms with E-state index in [1.807, 2.05) is 66.9 Å². The number of carbonyl (C=O) groups excluding carboxylic acids is 1. The highest BCUT2D eigenvalue weighted by molar-refractivity contribution is 7.09. The van der Waals surface area contributed by atoms with Crippen LogP contribution in [0.1, 0.15) is 16.3 Å². The van der Waals surface area contributed by atoms with E-state index in [9.17, 15) is 4.79 Å². The van der Waals surface area contributed by atoms with Crippen LogP contribution in [0.25, 0.3) is 0 Å². The number of hydrogen-bond acceptors (Lipinski definition) is 4. The maximum atomic E-state index is 12.5. The van der Waals surface area contributed by atoms with Gasteiger partial charge >= 0.3 is 6.03 Å². The summed E-state index contributed by atoms with van der Waals surface area (Å²) >= 11 is 1.58. The molecule has 0 spiro atoms. The predicted octanol–water partition coefficient (Wildman–Crippen LogP) is 4.69. The number of ether oxygens (including phenoxy) is 1. The molecule has 0 aliphatic heterocycles. The van der Waals surface area contributed by atoms with Gasteiger partial charge in [0, 0.05) is 23.7 Å². The number of carbonyl (C=O) groups is 1. The van der Waals surface area contributed by atoms with Crippen LogP contribution in [0.15, 0.2) is 60.0 Å². The lowest BCUT2D eigenvalue weighted by Gasteiger charge is -2.18. The molecule has 0 bridgehead atoms. The van der Waals surface area contributed by atoms with Gasteiger partial charge in [0.25, 0.3) is 0 Å². The third-order valence-electron chi connectivity index (χ3n) is 3.81. The van der Waals surface area contributed by atoms with E-state index in [4.69, 9.17) is 4.74 Å². The van der Waals surface area contributed by atoms with Crippen molar-refractivity contribution in [2.24, 2.45) is 0 Å². The highest BCUT2D eigenvalue weighted by Crippen LogP contribution is 2.19. The summed E-state index contributed by atoms with van der Waals surface area (Å²) in [4.78, 5) is 18.5. The molecule has 1 aromatic heterocycles. The Balaban J connectivity index is 1.62. The fraction of sp³-hybridized carbons (Fsp3) is 0.200.